The van der Waals surface area contributed by atoms with Gasteiger partial charge in [-0.1, -0.05) is 33.8 Å². The van der Waals surface area contributed by atoms with Crippen LogP contribution in [0.3, 0.4) is 0 Å². The first-order valence-corrected chi connectivity index (χ1v) is 11.2. The van der Waals surface area contributed by atoms with Crippen molar-refractivity contribution in [3.05, 3.63) is 58.0 Å². The zero-order chi connectivity index (χ0) is 20.2. The summed E-state index contributed by atoms with van der Waals surface area (Å²) in [5.41, 5.74) is 2.72. The molecular weight excluding hydrogens is 474 g/mol. The van der Waals surface area contributed by atoms with Crippen LogP contribution in [0.4, 0.5) is 0 Å². The molecule has 0 saturated carbocycles. The number of rotatable bonds is 7. The minimum Gasteiger partial charge on any atom is -0.493 e. The Balaban J connectivity index is 1.46. The van der Waals surface area contributed by atoms with Crippen LogP contribution in [-0.4, -0.2) is 29.4 Å². The van der Waals surface area contributed by atoms with Crippen LogP contribution in [0, 0.1) is 0 Å². The van der Waals surface area contributed by atoms with Crippen molar-refractivity contribution >= 4 is 39.0 Å². The van der Waals surface area contributed by atoms with E-state index in [1.165, 1.54) is 11.8 Å². The highest BCUT2D eigenvalue weighted by atomic mass is 79.9. The van der Waals surface area contributed by atoms with Gasteiger partial charge >= 0.3 is 0 Å². The Hall–Kier alpha value is -2.36. The van der Waals surface area contributed by atoms with Crippen LogP contribution in [0.2, 0.25) is 0 Å². The lowest BCUT2D eigenvalue weighted by Crippen LogP contribution is -1.93. The molecule has 29 heavy (non-hydrogen) atoms. The molecule has 0 amide bonds. The zero-order valence-electron chi connectivity index (χ0n) is 15.6. The maximum Gasteiger partial charge on any atom is 0.277 e. The summed E-state index contributed by atoms with van der Waals surface area (Å²) in [6.07, 6.45) is 0. The zero-order valence-corrected chi connectivity index (χ0v) is 18.8. The van der Waals surface area contributed by atoms with E-state index in [2.05, 4.69) is 26.1 Å². The molecule has 4 rings (SSSR count). The molecule has 148 valence electrons. The van der Waals surface area contributed by atoms with Gasteiger partial charge in [0.2, 0.25) is 5.89 Å². The fourth-order valence-electron chi connectivity index (χ4n) is 2.67. The van der Waals surface area contributed by atoms with E-state index in [4.69, 9.17) is 18.9 Å². The molecule has 0 atom stereocenters. The monoisotopic (exact) mass is 489 g/mol. The number of hydrogen-bond acceptors (Lipinski definition) is 8. The van der Waals surface area contributed by atoms with Crippen LogP contribution in [-0.2, 0) is 5.75 Å². The van der Waals surface area contributed by atoms with E-state index in [-0.39, 0.29) is 0 Å². The first-order valence-electron chi connectivity index (χ1n) is 8.56. The van der Waals surface area contributed by atoms with Gasteiger partial charge in [0.1, 0.15) is 5.01 Å². The Kier molecular flexibility index (Phi) is 6.17. The van der Waals surface area contributed by atoms with Crippen molar-refractivity contribution in [2.75, 3.05) is 14.2 Å². The second-order valence-corrected chi connectivity index (χ2v) is 8.55. The molecule has 9 heteroatoms. The van der Waals surface area contributed by atoms with Crippen molar-refractivity contribution in [1.82, 2.24) is 15.2 Å². The first kappa shape index (κ1) is 19.9. The second kappa shape index (κ2) is 8.98. The van der Waals surface area contributed by atoms with Gasteiger partial charge in [-0.15, -0.1) is 21.5 Å². The Morgan fingerprint density at radius 1 is 1.07 bits per heavy atom. The molecule has 0 saturated heterocycles. The molecule has 2 aromatic heterocycles. The molecule has 0 bridgehead atoms. The fraction of sp³-hybridized carbons (Fsp3) is 0.150. The summed E-state index contributed by atoms with van der Waals surface area (Å²) in [4.78, 5) is 4.72. The van der Waals surface area contributed by atoms with Crippen molar-refractivity contribution in [1.29, 1.82) is 0 Å². The number of thioether (sulfide) groups is 1. The molecule has 0 aliphatic heterocycles. The predicted molar refractivity (Wildman–Crippen MR) is 118 cm³/mol. The van der Waals surface area contributed by atoms with E-state index in [0.717, 1.165) is 26.3 Å². The number of hydrogen-bond donors (Lipinski definition) is 0. The third kappa shape index (κ3) is 4.47. The van der Waals surface area contributed by atoms with Crippen LogP contribution in [0.25, 0.3) is 22.0 Å². The van der Waals surface area contributed by atoms with E-state index in [1.807, 2.05) is 47.8 Å². The Labute approximate surface area is 184 Å². The Bertz CT molecular complexity index is 1110. The van der Waals surface area contributed by atoms with Crippen molar-refractivity contribution in [3.8, 4) is 33.5 Å². The number of benzene rings is 2. The topological polar surface area (TPSA) is 70.3 Å². The van der Waals surface area contributed by atoms with E-state index >= 15 is 0 Å². The lowest BCUT2D eigenvalue weighted by atomic mass is 10.2. The third-order valence-corrected chi connectivity index (χ3v) is 6.33. The SMILES string of the molecule is COc1cccc(-c2nc(CSc3nnc(-c4ccc(Br)cc4)o3)cs2)c1OC. The van der Waals surface area contributed by atoms with Crippen molar-refractivity contribution < 1.29 is 13.9 Å². The number of aromatic nitrogens is 3. The average Bonchev–Trinajstić information content (AvgIpc) is 3.42. The molecule has 0 radical (unpaired) electrons. The largest absolute Gasteiger partial charge is 0.493 e. The molecule has 0 aliphatic carbocycles. The van der Waals surface area contributed by atoms with E-state index < -0.39 is 0 Å². The summed E-state index contributed by atoms with van der Waals surface area (Å²) < 4.78 is 17.6. The van der Waals surface area contributed by atoms with Crippen molar-refractivity contribution in [2.24, 2.45) is 0 Å². The van der Waals surface area contributed by atoms with Gasteiger partial charge in [-0.25, -0.2) is 4.98 Å². The van der Waals surface area contributed by atoms with Crippen LogP contribution in [0.5, 0.6) is 11.5 Å². The summed E-state index contributed by atoms with van der Waals surface area (Å²) in [7, 11) is 3.25. The fourth-order valence-corrected chi connectivity index (χ4v) is 4.53. The highest BCUT2D eigenvalue weighted by Gasteiger charge is 2.15. The summed E-state index contributed by atoms with van der Waals surface area (Å²) in [5, 5.41) is 11.6. The van der Waals surface area contributed by atoms with Gasteiger partial charge in [-0.05, 0) is 36.4 Å². The molecule has 0 fully saturated rings. The maximum absolute atomic E-state index is 5.75. The van der Waals surface area contributed by atoms with Crippen molar-refractivity contribution in [3.63, 3.8) is 0 Å². The van der Waals surface area contributed by atoms with Crippen LogP contribution in [0.1, 0.15) is 5.69 Å². The van der Waals surface area contributed by atoms with Crippen LogP contribution >= 0.6 is 39.0 Å². The third-order valence-electron chi connectivity index (χ3n) is 4.03. The molecular formula is C20H16BrN3O3S2. The molecule has 0 N–H and O–H groups in total. The van der Waals surface area contributed by atoms with Crippen molar-refractivity contribution in [2.45, 2.75) is 11.0 Å². The number of methoxy groups -OCH3 is 2. The number of thiazole rings is 1. The van der Waals surface area contributed by atoms with Gasteiger partial charge in [0, 0.05) is 21.2 Å². The number of halogens is 1. The molecule has 2 aromatic carbocycles. The maximum atomic E-state index is 5.75. The molecule has 4 aromatic rings. The summed E-state index contributed by atoms with van der Waals surface area (Å²) in [6.45, 7) is 0. The number of ether oxygens (including phenoxy) is 2. The summed E-state index contributed by atoms with van der Waals surface area (Å²) >= 11 is 6.43. The van der Waals surface area contributed by atoms with Gasteiger partial charge in [0.25, 0.3) is 5.22 Å². The molecule has 0 unspecified atom stereocenters. The van der Waals surface area contributed by atoms with Crippen LogP contribution < -0.4 is 9.47 Å². The summed E-state index contributed by atoms with van der Waals surface area (Å²) in [5.74, 6) is 2.49. The Morgan fingerprint density at radius 3 is 2.66 bits per heavy atom. The molecule has 2 heterocycles. The van der Waals surface area contributed by atoms with E-state index in [0.29, 0.717) is 28.4 Å². The highest BCUT2D eigenvalue weighted by molar-refractivity contribution is 9.10. The van der Waals surface area contributed by atoms with Gasteiger partial charge in [-0.3, -0.25) is 0 Å². The normalized spacial score (nSPS) is 10.9. The second-order valence-electron chi connectivity index (χ2n) is 5.85. The standard InChI is InChI=1S/C20H16BrN3O3S2/c1-25-16-5-3-4-15(17(16)26-2)19-22-14(10-28-19)11-29-20-24-23-18(27-20)12-6-8-13(21)9-7-12/h3-10H,11H2,1-2H3. The molecule has 0 aliphatic rings. The van der Waals surface area contributed by atoms with Gasteiger partial charge < -0.3 is 13.9 Å². The number of para-hydroxylation sites is 1. The van der Waals surface area contributed by atoms with Gasteiger partial charge in [0.15, 0.2) is 11.5 Å². The quantitative estimate of drug-likeness (QED) is 0.297. The highest BCUT2D eigenvalue weighted by Crippen LogP contribution is 2.39. The minimum absolute atomic E-state index is 0.500. The average molecular weight is 490 g/mol. The van der Waals surface area contributed by atoms with E-state index in [1.54, 1.807) is 25.6 Å². The lowest BCUT2D eigenvalue weighted by molar-refractivity contribution is 0.356. The van der Waals surface area contributed by atoms with Crippen LogP contribution in [0.15, 0.2) is 62.0 Å². The predicted octanol–water partition coefficient (Wildman–Crippen LogP) is 5.93. The number of nitrogens with zero attached hydrogens (tertiary/aromatic N) is 3. The van der Waals surface area contributed by atoms with Gasteiger partial charge in [0.05, 0.1) is 25.5 Å². The smallest absolute Gasteiger partial charge is 0.277 e. The first-order chi connectivity index (χ1) is 14.2. The Morgan fingerprint density at radius 2 is 1.90 bits per heavy atom. The minimum atomic E-state index is 0.500. The molecule has 0 spiro atoms. The van der Waals surface area contributed by atoms with Gasteiger partial charge in [-0.2, -0.15) is 0 Å². The lowest BCUT2D eigenvalue weighted by Gasteiger charge is -2.10. The van der Waals surface area contributed by atoms with E-state index in [9.17, 15) is 0 Å². The summed E-state index contributed by atoms with van der Waals surface area (Å²) in [6, 6.07) is 13.5. The molecule has 6 nitrogen and oxygen atoms in total.